The molecule has 4 heteroatoms. The maximum Gasteiger partial charge on any atom is 0.161 e. The minimum atomic E-state index is 0.660. The zero-order chi connectivity index (χ0) is 15.1. The fraction of sp³-hybridized carbons (Fsp3) is 0.667. The Balaban J connectivity index is 1.51. The van der Waals surface area contributed by atoms with Crippen LogP contribution in [0.5, 0.6) is 11.5 Å². The number of nitrogens with zero attached hydrogens (tertiary/aromatic N) is 2. The summed E-state index contributed by atoms with van der Waals surface area (Å²) in [6.45, 7) is 6.94. The van der Waals surface area contributed by atoms with Crippen molar-refractivity contribution in [3.8, 4) is 11.5 Å². The molecule has 2 bridgehead atoms. The molecule has 2 saturated heterocycles. The predicted molar refractivity (Wildman–Crippen MR) is 86.6 cm³/mol. The first kappa shape index (κ1) is 14.3. The molecule has 1 aromatic rings. The third-order valence-electron chi connectivity index (χ3n) is 5.63. The average Bonchev–Trinajstić information content (AvgIpc) is 2.76. The average molecular weight is 302 g/mol. The Morgan fingerprint density at radius 1 is 1.05 bits per heavy atom. The summed E-state index contributed by atoms with van der Waals surface area (Å²) in [4.78, 5) is 5.23. The lowest BCUT2D eigenvalue weighted by Crippen LogP contribution is -2.36. The molecule has 120 valence electrons. The van der Waals surface area contributed by atoms with E-state index in [1.165, 1.54) is 43.5 Å². The summed E-state index contributed by atoms with van der Waals surface area (Å²) in [5.74, 6) is 1.82. The molecule has 2 atom stereocenters. The van der Waals surface area contributed by atoms with Crippen molar-refractivity contribution in [2.24, 2.45) is 0 Å². The van der Waals surface area contributed by atoms with E-state index in [1.54, 1.807) is 0 Å². The van der Waals surface area contributed by atoms with E-state index in [1.807, 2.05) is 0 Å². The number of likely N-dealkylation sites (tertiary alicyclic amines) is 1. The summed E-state index contributed by atoms with van der Waals surface area (Å²) in [6.07, 6.45) is 4.05. The van der Waals surface area contributed by atoms with E-state index in [9.17, 15) is 0 Å². The van der Waals surface area contributed by atoms with Gasteiger partial charge in [0.25, 0.3) is 0 Å². The summed E-state index contributed by atoms with van der Waals surface area (Å²) < 4.78 is 11.4. The van der Waals surface area contributed by atoms with Crippen molar-refractivity contribution in [3.05, 3.63) is 23.3 Å². The zero-order valence-electron chi connectivity index (χ0n) is 13.7. The number of likely N-dealkylation sites (N-methyl/N-ethyl adjacent to an activating group) is 1. The van der Waals surface area contributed by atoms with E-state index >= 15 is 0 Å². The Labute approximate surface area is 133 Å². The van der Waals surface area contributed by atoms with Crippen LogP contribution in [0.15, 0.2) is 12.1 Å². The van der Waals surface area contributed by atoms with Gasteiger partial charge in [-0.1, -0.05) is 0 Å². The first-order chi connectivity index (χ1) is 10.7. The fourth-order valence-electron chi connectivity index (χ4n) is 4.17. The number of benzene rings is 1. The molecule has 0 unspecified atom stereocenters. The normalized spacial score (nSPS) is 28.6. The van der Waals surface area contributed by atoms with Gasteiger partial charge < -0.3 is 9.47 Å². The lowest BCUT2D eigenvalue weighted by atomic mass is 10.0. The minimum absolute atomic E-state index is 0.660. The molecule has 0 aromatic heterocycles. The Hall–Kier alpha value is -1.26. The van der Waals surface area contributed by atoms with Gasteiger partial charge in [0.2, 0.25) is 0 Å². The molecule has 4 rings (SSSR count). The largest absolute Gasteiger partial charge is 0.486 e. The van der Waals surface area contributed by atoms with Gasteiger partial charge in [0.05, 0.1) is 0 Å². The summed E-state index contributed by atoms with van der Waals surface area (Å²) in [5, 5.41) is 0. The quantitative estimate of drug-likeness (QED) is 0.838. The molecule has 0 spiro atoms. The van der Waals surface area contributed by atoms with Crippen LogP contribution >= 0.6 is 0 Å². The molecule has 0 aliphatic carbocycles. The monoisotopic (exact) mass is 302 g/mol. The van der Waals surface area contributed by atoms with Crippen LogP contribution in [0.3, 0.4) is 0 Å². The molecular weight excluding hydrogens is 276 g/mol. The van der Waals surface area contributed by atoms with Crippen molar-refractivity contribution in [1.82, 2.24) is 9.80 Å². The molecule has 3 aliphatic heterocycles. The lowest BCUT2D eigenvalue weighted by Gasteiger charge is -2.27. The number of hydrogen-bond acceptors (Lipinski definition) is 4. The summed E-state index contributed by atoms with van der Waals surface area (Å²) in [5.41, 5.74) is 2.69. The van der Waals surface area contributed by atoms with E-state index in [0.29, 0.717) is 13.2 Å². The summed E-state index contributed by atoms with van der Waals surface area (Å²) in [7, 11) is 2.31. The summed E-state index contributed by atoms with van der Waals surface area (Å²) in [6, 6.07) is 5.87. The molecule has 1 aromatic carbocycles. The van der Waals surface area contributed by atoms with Gasteiger partial charge in [0, 0.05) is 31.7 Å². The van der Waals surface area contributed by atoms with Crippen LogP contribution in [0.4, 0.5) is 0 Å². The molecule has 3 aliphatic rings. The van der Waals surface area contributed by atoms with Crippen molar-refractivity contribution < 1.29 is 9.47 Å². The molecule has 0 radical (unpaired) electrons. The minimum Gasteiger partial charge on any atom is -0.486 e. The van der Waals surface area contributed by atoms with E-state index in [0.717, 1.165) is 30.1 Å². The molecule has 0 amide bonds. The van der Waals surface area contributed by atoms with Gasteiger partial charge in [-0.25, -0.2) is 0 Å². The summed E-state index contributed by atoms with van der Waals surface area (Å²) >= 11 is 0. The van der Waals surface area contributed by atoms with Crippen LogP contribution in [0.2, 0.25) is 0 Å². The SMILES string of the molecule is Cc1cc2c(cc1CN1CC[C@H]3CC[C@@H](C1)N3C)OCCO2. The van der Waals surface area contributed by atoms with E-state index in [4.69, 9.17) is 9.47 Å². The van der Waals surface area contributed by atoms with Gasteiger partial charge in [-0.2, -0.15) is 0 Å². The zero-order valence-corrected chi connectivity index (χ0v) is 13.7. The number of rotatable bonds is 2. The van der Waals surface area contributed by atoms with Gasteiger partial charge in [0.15, 0.2) is 11.5 Å². The Bertz CT molecular complexity index is 560. The Morgan fingerprint density at radius 3 is 2.59 bits per heavy atom. The number of hydrogen-bond donors (Lipinski definition) is 0. The molecule has 4 nitrogen and oxygen atoms in total. The second-order valence-electron chi connectivity index (χ2n) is 7.00. The first-order valence-corrected chi connectivity index (χ1v) is 8.54. The van der Waals surface area contributed by atoms with Gasteiger partial charge in [-0.05, 0) is 56.5 Å². The van der Waals surface area contributed by atoms with Crippen LogP contribution in [-0.2, 0) is 6.54 Å². The molecule has 0 saturated carbocycles. The van der Waals surface area contributed by atoms with E-state index in [-0.39, 0.29) is 0 Å². The maximum atomic E-state index is 5.75. The third kappa shape index (κ3) is 2.59. The van der Waals surface area contributed by atoms with Crippen molar-refractivity contribution in [1.29, 1.82) is 0 Å². The second kappa shape index (κ2) is 5.74. The molecule has 3 heterocycles. The van der Waals surface area contributed by atoms with Crippen LogP contribution in [0.1, 0.15) is 30.4 Å². The molecular formula is C18H26N2O2. The van der Waals surface area contributed by atoms with E-state index < -0.39 is 0 Å². The van der Waals surface area contributed by atoms with Crippen LogP contribution < -0.4 is 9.47 Å². The highest BCUT2D eigenvalue weighted by Crippen LogP contribution is 2.34. The number of fused-ring (bicyclic) bond motifs is 3. The van der Waals surface area contributed by atoms with Crippen molar-refractivity contribution >= 4 is 0 Å². The smallest absolute Gasteiger partial charge is 0.161 e. The van der Waals surface area contributed by atoms with Crippen LogP contribution in [-0.4, -0.2) is 55.2 Å². The van der Waals surface area contributed by atoms with Gasteiger partial charge in [-0.15, -0.1) is 0 Å². The van der Waals surface area contributed by atoms with Crippen molar-refractivity contribution in [3.63, 3.8) is 0 Å². The lowest BCUT2D eigenvalue weighted by molar-refractivity contribution is 0.170. The van der Waals surface area contributed by atoms with Gasteiger partial charge in [-0.3, -0.25) is 9.80 Å². The van der Waals surface area contributed by atoms with Crippen molar-refractivity contribution in [2.75, 3.05) is 33.4 Å². The molecule has 22 heavy (non-hydrogen) atoms. The molecule has 2 fully saturated rings. The van der Waals surface area contributed by atoms with Crippen LogP contribution in [0, 0.1) is 6.92 Å². The molecule has 0 N–H and O–H groups in total. The van der Waals surface area contributed by atoms with Gasteiger partial charge >= 0.3 is 0 Å². The predicted octanol–water partition coefficient (Wildman–Crippen LogP) is 2.43. The topological polar surface area (TPSA) is 24.9 Å². The second-order valence-corrected chi connectivity index (χ2v) is 7.00. The Morgan fingerprint density at radius 2 is 1.77 bits per heavy atom. The van der Waals surface area contributed by atoms with Crippen molar-refractivity contribution in [2.45, 2.75) is 44.8 Å². The number of ether oxygens (including phenoxy) is 2. The highest BCUT2D eigenvalue weighted by atomic mass is 16.6. The van der Waals surface area contributed by atoms with E-state index in [2.05, 4.69) is 35.9 Å². The fourth-order valence-corrected chi connectivity index (χ4v) is 4.17. The van der Waals surface area contributed by atoms with Crippen LogP contribution in [0.25, 0.3) is 0 Å². The first-order valence-electron chi connectivity index (χ1n) is 8.54. The number of aryl methyl sites for hydroxylation is 1. The van der Waals surface area contributed by atoms with Gasteiger partial charge in [0.1, 0.15) is 13.2 Å². The maximum absolute atomic E-state index is 5.75. The third-order valence-corrected chi connectivity index (χ3v) is 5.63. The highest BCUT2D eigenvalue weighted by molar-refractivity contribution is 5.47. The standard InChI is InChI=1S/C18H26N2O2/c1-13-9-17-18(22-8-7-21-17)10-14(13)11-20-6-5-15-3-4-16(12-20)19(15)2/h9-10,15-16H,3-8,11-12H2,1-2H3/t15-,16+/m1/s1. The Kier molecular flexibility index (Phi) is 3.74. The highest BCUT2D eigenvalue weighted by Gasteiger charge is 2.34.